The van der Waals surface area contributed by atoms with Gasteiger partial charge in [0.1, 0.15) is 0 Å². The molecule has 6 nitrogen and oxygen atoms in total. The molecule has 0 aliphatic rings. The molecule has 0 saturated heterocycles. The molecule has 0 radical (unpaired) electrons. The SMILES string of the molecule is CCCCCCCCCCCCCCCCCC(=O)OCCCCCCCCCCCCCCCCCCCCCCCCCC(=O)NC(CO)C(O)CCCCCCCCCCCCCC. The van der Waals surface area contributed by atoms with E-state index < -0.39 is 12.1 Å². The fraction of sp³-hybridized carbons (Fsp3) is 0.967. The molecule has 0 aliphatic carbocycles. The largest absolute Gasteiger partial charge is 0.466 e. The molecule has 0 fully saturated rings. The number of ether oxygens (including phenoxy) is 1. The lowest BCUT2D eigenvalue weighted by atomic mass is 10.0. The number of unbranched alkanes of at least 4 members (excludes halogenated alkanes) is 47. The second-order valence-corrected chi connectivity index (χ2v) is 21.4. The summed E-state index contributed by atoms with van der Waals surface area (Å²) in [6.07, 6.45) is 66.8. The monoisotopic (exact) mass is 948 g/mol. The molecular formula is C61H121NO5. The average molecular weight is 949 g/mol. The molecule has 0 aliphatic heterocycles. The van der Waals surface area contributed by atoms with Crippen LogP contribution in [-0.4, -0.2) is 47.4 Å². The summed E-state index contributed by atoms with van der Waals surface area (Å²) in [7, 11) is 0. The van der Waals surface area contributed by atoms with Crippen molar-refractivity contribution >= 4 is 11.9 Å². The van der Waals surface area contributed by atoms with Crippen LogP contribution in [0.1, 0.15) is 354 Å². The van der Waals surface area contributed by atoms with Crippen LogP contribution in [0.5, 0.6) is 0 Å². The zero-order valence-electron chi connectivity index (χ0n) is 45.7. The molecule has 0 bridgehead atoms. The molecule has 2 atom stereocenters. The number of carbonyl (C=O) groups is 2. The summed E-state index contributed by atoms with van der Waals surface area (Å²) in [5.74, 6) is -0.0146. The predicted octanol–water partition coefficient (Wildman–Crippen LogP) is 19.1. The molecular weight excluding hydrogens is 827 g/mol. The molecule has 0 rings (SSSR count). The Hall–Kier alpha value is -1.14. The first-order chi connectivity index (χ1) is 33.0. The lowest BCUT2D eigenvalue weighted by molar-refractivity contribution is -0.143. The molecule has 0 spiro atoms. The Labute approximate surface area is 419 Å². The van der Waals surface area contributed by atoms with E-state index in [0.29, 0.717) is 25.9 Å². The van der Waals surface area contributed by atoms with Crippen LogP contribution in [-0.2, 0) is 14.3 Å². The van der Waals surface area contributed by atoms with Crippen molar-refractivity contribution in [2.24, 2.45) is 0 Å². The van der Waals surface area contributed by atoms with Crippen molar-refractivity contribution in [2.75, 3.05) is 13.2 Å². The number of hydrogen-bond donors (Lipinski definition) is 3. The third-order valence-corrected chi connectivity index (χ3v) is 14.7. The number of carbonyl (C=O) groups excluding carboxylic acids is 2. The summed E-state index contributed by atoms with van der Waals surface area (Å²) >= 11 is 0. The molecule has 3 N–H and O–H groups in total. The first-order valence-corrected chi connectivity index (χ1v) is 30.8. The highest BCUT2D eigenvalue weighted by Crippen LogP contribution is 2.18. The van der Waals surface area contributed by atoms with E-state index in [-0.39, 0.29) is 18.5 Å². The minimum atomic E-state index is -0.661. The van der Waals surface area contributed by atoms with E-state index in [1.165, 1.54) is 283 Å². The minimum Gasteiger partial charge on any atom is -0.466 e. The summed E-state index contributed by atoms with van der Waals surface area (Å²) in [5, 5.41) is 23.2. The maximum Gasteiger partial charge on any atom is 0.305 e. The van der Waals surface area contributed by atoms with Crippen LogP contribution in [0, 0.1) is 0 Å². The maximum absolute atomic E-state index is 12.5. The molecule has 0 heterocycles. The van der Waals surface area contributed by atoms with Crippen molar-refractivity contribution in [3.63, 3.8) is 0 Å². The van der Waals surface area contributed by atoms with Gasteiger partial charge in [-0.2, -0.15) is 0 Å². The Kier molecular flexibility index (Phi) is 56.5. The number of rotatable bonds is 58. The molecule has 6 heteroatoms. The van der Waals surface area contributed by atoms with Gasteiger partial charge in [0.2, 0.25) is 5.91 Å². The van der Waals surface area contributed by atoms with Gasteiger partial charge in [-0.1, -0.05) is 316 Å². The summed E-state index contributed by atoms with van der Waals surface area (Å²) < 4.78 is 5.49. The van der Waals surface area contributed by atoms with Gasteiger partial charge in [-0.15, -0.1) is 0 Å². The number of esters is 1. The van der Waals surface area contributed by atoms with Crippen molar-refractivity contribution in [1.82, 2.24) is 5.32 Å². The number of aliphatic hydroxyl groups excluding tert-OH is 2. The zero-order chi connectivity index (χ0) is 48.6. The summed E-state index contributed by atoms with van der Waals surface area (Å²) in [6, 6.07) is -0.538. The van der Waals surface area contributed by atoms with E-state index in [2.05, 4.69) is 19.2 Å². The molecule has 0 aromatic heterocycles. The second kappa shape index (κ2) is 57.4. The van der Waals surface area contributed by atoms with Crippen molar-refractivity contribution in [3.8, 4) is 0 Å². The van der Waals surface area contributed by atoms with E-state index >= 15 is 0 Å². The first-order valence-electron chi connectivity index (χ1n) is 30.8. The molecule has 400 valence electrons. The van der Waals surface area contributed by atoms with E-state index in [0.717, 1.165) is 38.5 Å². The lowest BCUT2D eigenvalue weighted by Gasteiger charge is -2.22. The van der Waals surface area contributed by atoms with E-state index in [4.69, 9.17) is 4.74 Å². The van der Waals surface area contributed by atoms with Crippen molar-refractivity contribution < 1.29 is 24.5 Å². The Balaban J connectivity index is 3.33. The van der Waals surface area contributed by atoms with Crippen molar-refractivity contribution in [2.45, 2.75) is 366 Å². The predicted molar refractivity (Wildman–Crippen MR) is 292 cm³/mol. The van der Waals surface area contributed by atoms with Crippen molar-refractivity contribution in [1.29, 1.82) is 0 Å². The summed E-state index contributed by atoms with van der Waals surface area (Å²) in [4.78, 5) is 24.5. The van der Waals surface area contributed by atoms with Gasteiger partial charge >= 0.3 is 5.97 Å². The Morgan fingerprint density at radius 3 is 0.910 bits per heavy atom. The molecule has 1 amide bonds. The third kappa shape index (κ3) is 54.0. The summed E-state index contributed by atoms with van der Waals surface area (Å²) in [5.41, 5.74) is 0. The topological polar surface area (TPSA) is 95.9 Å². The van der Waals surface area contributed by atoms with Gasteiger partial charge in [0.15, 0.2) is 0 Å². The lowest BCUT2D eigenvalue weighted by Crippen LogP contribution is -2.45. The van der Waals surface area contributed by atoms with Crippen LogP contribution in [0.25, 0.3) is 0 Å². The number of nitrogens with one attached hydrogen (secondary N) is 1. The molecule has 0 saturated carbocycles. The normalized spacial score (nSPS) is 12.5. The van der Waals surface area contributed by atoms with Crippen molar-refractivity contribution in [3.05, 3.63) is 0 Å². The van der Waals surface area contributed by atoms with Crippen LogP contribution >= 0.6 is 0 Å². The van der Waals surface area contributed by atoms with Gasteiger partial charge in [0.05, 0.1) is 25.4 Å². The fourth-order valence-electron chi connectivity index (χ4n) is 9.94. The van der Waals surface area contributed by atoms with Gasteiger partial charge < -0.3 is 20.3 Å². The Bertz CT molecular complexity index is 959. The third-order valence-electron chi connectivity index (χ3n) is 14.7. The van der Waals surface area contributed by atoms with Gasteiger partial charge in [-0.3, -0.25) is 9.59 Å². The summed E-state index contributed by atoms with van der Waals surface area (Å²) in [6.45, 7) is 4.98. The first kappa shape index (κ1) is 65.9. The van der Waals surface area contributed by atoms with Crippen LogP contribution < -0.4 is 5.32 Å². The number of amides is 1. The smallest absolute Gasteiger partial charge is 0.305 e. The van der Waals surface area contributed by atoms with Gasteiger partial charge in [0, 0.05) is 12.8 Å². The highest BCUT2D eigenvalue weighted by molar-refractivity contribution is 5.76. The minimum absolute atomic E-state index is 0.0182. The van der Waals surface area contributed by atoms with E-state index in [1.807, 2.05) is 0 Å². The number of aliphatic hydroxyl groups is 2. The molecule has 0 aromatic carbocycles. The van der Waals surface area contributed by atoms with Crippen LogP contribution in [0.3, 0.4) is 0 Å². The van der Waals surface area contributed by atoms with Gasteiger partial charge in [-0.25, -0.2) is 0 Å². The van der Waals surface area contributed by atoms with Crippen LogP contribution in [0.15, 0.2) is 0 Å². The highest BCUT2D eigenvalue weighted by Gasteiger charge is 2.20. The Morgan fingerprint density at radius 1 is 0.358 bits per heavy atom. The average Bonchev–Trinajstić information content (AvgIpc) is 3.33. The molecule has 67 heavy (non-hydrogen) atoms. The number of hydrogen-bond acceptors (Lipinski definition) is 5. The fourth-order valence-corrected chi connectivity index (χ4v) is 9.94. The van der Waals surface area contributed by atoms with Gasteiger partial charge in [-0.05, 0) is 25.7 Å². The van der Waals surface area contributed by atoms with Gasteiger partial charge in [0.25, 0.3) is 0 Å². The highest BCUT2D eigenvalue weighted by atomic mass is 16.5. The van der Waals surface area contributed by atoms with E-state index in [9.17, 15) is 19.8 Å². The zero-order valence-corrected chi connectivity index (χ0v) is 45.7. The van der Waals surface area contributed by atoms with Crippen LogP contribution in [0.4, 0.5) is 0 Å². The molecule has 0 aromatic rings. The maximum atomic E-state index is 12.5. The van der Waals surface area contributed by atoms with Crippen LogP contribution in [0.2, 0.25) is 0 Å². The second-order valence-electron chi connectivity index (χ2n) is 21.4. The quantitative estimate of drug-likeness (QED) is 0.0417. The van der Waals surface area contributed by atoms with E-state index in [1.54, 1.807) is 0 Å². The molecule has 2 unspecified atom stereocenters. The standard InChI is InChI=1S/C61H121NO5/c1-3-5-7-9-11-13-15-17-27-31-35-39-43-47-51-55-61(66)67-56-52-48-44-40-36-32-29-26-24-22-20-18-19-21-23-25-28-30-34-38-42-46-50-54-60(65)62-58(57-63)59(64)53-49-45-41-37-33-16-14-12-10-8-6-4-2/h58-59,63-64H,3-57H2,1-2H3,(H,62,65). The Morgan fingerprint density at radius 2 is 0.612 bits per heavy atom.